The van der Waals surface area contributed by atoms with Crippen molar-refractivity contribution in [1.82, 2.24) is 0 Å². The molecule has 4 aromatic rings. The van der Waals surface area contributed by atoms with Crippen LogP contribution in [0.15, 0.2) is 78.9 Å². The van der Waals surface area contributed by atoms with E-state index >= 15 is 0 Å². The van der Waals surface area contributed by atoms with Gasteiger partial charge in [0, 0.05) is 5.41 Å². The Morgan fingerprint density at radius 2 is 1.25 bits per heavy atom. The van der Waals surface area contributed by atoms with Gasteiger partial charge in [0.1, 0.15) is 0 Å². The first kappa shape index (κ1) is 17.3. The van der Waals surface area contributed by atoms with Crippen LogP contribution in [0.25, 0.3) is 33.0 Å². The van der Waals surface area contributed by atoms with Gasteiger partial charge in [0.05, 0.1) is 0 Å². The molecule has 0 unspecified atom stereocenters. The molecule has 0 nitrogen and oxygen atoms in total. The highest BCUT2D eigenvalue weighted by Gasteiger charge is 2.35. The third-order valence-corrected chi connectivity index (χ3v) is 6.45. The predicted octanol–water partition coefficient (Wildman–Crippen LogP) is 7.94. The molecule has 1 aliphatic carbocycles. The largest absolute Gasteiger partial charge is 0.0619 e. The maximum Gasteiger partial charge on any atom is 0.0159 e. The fourth-order valence-electron chi connectivity index (χ4n) is 4.69. The molecule has 0 fully saturated rings. The van der Waals surface area contributed by atoms with Crippen LogP contribution in [0.4, 0.5) is 0 Å². The van der Waals surface area contributed by atoms with Crippen molar-refractivity contribution in [3.8, 4) is 22.3 Å². The van der Waals surface area contributed by atoms with Crippen LogP contribution in [-0.2, 0) is 5.41 Å². The molecule has 138 valence electrons. The fourth-order valence-corrected chi connectivity index (χ4v) is 4.69. The normalized spacial score (nSPS) is 14.3. The van der Waals surface area contributed by atoms with Gasteiger partial charge in [-0.15, -0.1) is 0 Å². The Hall–Kier alpha value is -2.86. The van der Waals surface area contributed by atoms with Crippen molar-refractivity contribution in [1.29, 1.82) is 0 Å². The summed E-state index contributed by atoms with van der Waals surface area (Å²) in [4.78, 5) is 0. The summed E-state index contributed by atoms with van der Waals surface area (Å²) in [6.45, 7) is 9.18. The summed E-state index contributed by atoms with van der Waals surface area (Å²) < 4.78 is 0. The molecule has 1 aliphatic rings. The first-order valence-electron chi connectivity index (χ1n) is 10.2. The summed E-state index contributed by atoms with van der Waals surface area (Å²) in [6, 6.07) is 29.5. The van der Waals surface area contributed by atoms with Crippen molar-refractivity contribution < 1.29 is 0 Å². The Bertz CT molecular complexity index is 1210. The van der Waals surface area contributed by atoms with Crippen molar-refractivity contribution in [2.24, 2.45) is 0 Å². The third kappa shape index (κ3) is 2.52. The van der Waals surface area contributed by atoms with Gasteiger partial charge in [-0.05, 0) is 67.8 Å². The molecule has 0 amide bonds. The van der Waals surface area contributed by atoms with Gasteiger partial charge in [-0.25, -0.2) is 0 Å². The van der Waals surface area contributed by atoms with Crippen LogP contribution in [0.3, 0.4) is 0 Å². The molecule has 0 saturated heterocycles. The minimum atomic E-state index is 0.0466. The average molecular weight is 363 g/mol. The summed E-state index contributed by atoms with van der Waals surface area (Å²) >= 11 is 0. The smallest absolute Gasteiger partial charge is 0.0159 e. The maximum atomic E-state index is 2.40. The lowest BCUT2D eigenvalue weighted by atomic mass is 9.81. The highest BCUT2D eigenvalue weighted by molar-refractivity contribution is 5.89. The first-order valence-corrected chi connectivity index (χ1v) is 10.2. The number of fused-ring (bicyclic) bond motifs is 4. The molecule has 0 heteroatoms. The monoisotopic (exact) mass is 362 g/mol. The topological polar surface area (TPSA) is 0 Å². The minimum absolute atomic E-state index is 0.0466. The van der Waals surface area contributed by atoms with Crippen LogP contribution in [0.5, 0.6) is 0 Å². The summed E-state index contributed by atoms with van der Waals surface area (Å²) in [7, 11) is 0. The van der Waals surface area contributed by atoms with Gasteiger partial charge >= 0.3 is 0 Å². The quantitative estimate of drug-likeness (QED) is 0.339. The van der Waals surface area contributed by atoms with Gasteiger partial charge in [0.25, 0.3) is 0 Å². The predicted molar refractivity (Wildman–Crippen MR) is 121 cm³/mol. The second-order valence-electron chi connectivity index (χ2n) is 8.91. The van der Waals surface area contributed by atoms with Crippen LogP contribution < -0.4 is 0 Å². The maximum absolute atomic E-state index is 2.40. The lowest BCUT2D eigenvalue weighted by Gasteiger charge is -2.22. The molecule has 0 atom stereocenters. The Kier molecular flexibility index (Phi) is 3.74. The molecule has 0 spiro atoms. The van der Waals surface area contributed by atoms with Gasteiger partial charge in [-0.2, -0.15) is 0 Å². The number of hydrogen-bond acceptors (Lipinski definition) is 0. The van der Waals surface area contributed by atoms with E-state index in [0.717, 1.165) is 0 Å². The van der Waals surface area contributed by atoms with Crippen LogP contribution >= 0.6 is 0 Å². The molecule has 0 radical (unpaired) electrons. The van der Waals surface area contributed by atoms with Crippen LogP contribution in [0.1, 0.15) is 50.3 Å². The van der Waals surface area contributed by atoms with Crippen molar-refractivity contribution in [3.63, 3.8) is 0 Å². The second-order valence-corrected chi connectivity index (χ2v) is 8.91. The minimum Gasteiger partial charge on any atom is -0.0619 e. The first-order chi connectivity index (χ1) is 13.4. The second kappa shape index (κ2) is 6.07. The molecule has 4 aromatic carbocycles. The van der Waals surface area contributed by atoms with Crippen molar-refractivity contribution in [3.05, 3.63) is 95.6 Å². The zero-order valence-corrected chi connectivity index (χ0v) is 17.1. The lowest BCUT2D eigenvalue weighted by molar-refractivity contribution is 0.660. The van der Waals surface area contributed by atoms with Gasteiger partial charge < -0.3 is 0 Å². The Morgan fingerprint density at radius 1 is 0.607 bits per heavy atom. The summed E-state index contributed by atoms with van der Waals surface area (Å²) in [5.41, 5.74) is 9.67. The summed E-state index contributed by atoms with van der Waals surface area (Å²) in [5, 5.41) is 2.63. The Labute approximate surface area is 167 Å². The van der Waals surface area contributed by atoms with Crippen molar-refractivity contribution >= 4 is 10.8 Å². The van der Waals surface area contributed by atoms with E-state index in [1.165, 1.54) is 49.7 Å². The van der Waals surface area contributed by atoms with E-state index in [4.69, 9.17) is 0 Å². The van der Waals surface area contributed by atoms with Gasteiger partial charge in [0.15, 0.2) is 0 Å². The standard InChI is InChI=1S/C28H26/c1-18(2)19-9-10-21-16-22(12-11-20(21)15-19)23-13-14-25-24-7-5-6-8-26(24)28(3,4)27(25)17-23/h5-18H,1-4H3. The van der Waals surface area contributed by atoms with E-state index in [1.807, 2.05) is 0 Å². The Balaban J connectivity index is 1.62. The molecule has 0 heterocycles. The van der Waals surface area contributed by atoms with Crippen molar-refractivity contribution in [2.75, 3.05) is 0 Å². The van der Waals surface area contributed by atoms with E-state index in [-0.39, 0.29) is 5.41 Å². The summed E-state index contributed by atoms with van der Waals surface area (Å²) in [5.74, 6) is 0.560. The molecule has 5 rings (SSSR count). The highest BCUT2D eigenvalue weighted by Crippen LogP contribution is 2.49. The SMILES string of the molecule is CC(C)c1ccc2cc(-c3ccc4c(c3)C(C)(C)c3ccccc3-4)ccc2c1. The molecule has 0 saturated carbocycles. The summed E-state index contributed by atoms with van der Waals surface area (Å²) in [6.07, 6.45) is 0. The van der Waals surface area contributed by atoms with Crippen molar-refractivity contribution in [2.45, 2.75) is 39.0 Å². The molecular formula is C28H26. The number of hydrogen-bond donors (Lipinski definition) is 0. The Morgan fingerprint density at radius 3 is 2.07 bits per heavy atom. The molecule has 28 heavy (non-hydrogen) atoms. The zero-order chi connectivity index (χ0) is 19.5. The van der Waals surface area contributed by atoms with Gasteiger partial charge in [-0.3, -0.25) is 0 Å². The van der Waals surface area contributed by atoms with Crippen LogP contribution in [0.2, 0.25) is 0 Å². The molecule has 0 bridgehead atoms. The number of benzene rings is 4. The van der Waals surface area contributed by atoms with E-state index in [1.54, 1.807) is 0 Å². The average Bonchev–Trinajstić information content (AvgIpc) is 2.94. The van der Waals surface area contributed by atoms with E-state index < -0.39 is 0 Å². The number of rotatable bonds is 2. The van der Waals surface area contributed by atoms with Crippen LogP contribution in [-0.4, -0.2) is 0 Å². The van der Waals surface area contributed by atoms with Gasteiger partial charge in [0.2, 0.25) is 0 Å². The highest BCUT2D eigenvalue weighted by atomic mass is 14.4. The fraction of sp³-hybridized carbons (Fsp3) is 0.214. The van der Waals surface area contributed by atoms with E-state index in [9.17, 15) is 0 Å². The van der Waals surface area contributed by atoms with E-state index in [0.29, 0.717) is 5.92 Å². The molecule has 0 aromatic heterocycles. The van der Waals surface area contributed by atoms with Crippen LogP contribution in [0, 0.1) is 0 Å². The molecular weight excluding hydrogens is 336 g/mol. The zero-order valence-electron chi connectivity index (χ0n) is 17.1. The third-order valence-electron chi connectivity index (χ3n) is 6.45. The lowest BCUT2D eigenvalue weighted by Crippen LogP contribution is -2.14. The van der Waals surface area contributed by atoms with Gasteiger partial charge in [-0.1, -0.05) is 94.4 Å². The van der Waals surface area contributed by atoms with E-state index in [2.05, 4.69) is 107 Å². The molecule has 0 N–H and O–H groups in total. The molecule has 0 aliphatic heterocycles.